The third-order valence-corrected chi connectivity index (χ3v) is 9.33. The zero-order valence-electron chi connectivity index (χ0n) is 18.1. The van der Waals surface area contributed by atoms with E-state index in [0.717, 1.165) is 24.2 Å². The smallest absolute Gasteiger partial charge is 0.252 e. The van der Waals surface area contributed by atoms with Gasteiger partial charge < -0.3 is 0 Å². The van der Waals surface area contributed by atoms with Crippen LogP contribution >= 0.6 is 11.6 Å². The first-order valence-corrected chi connectivity index (χ1v) is 14.2. The summed E-state index contributed by atoms with van der Waals surface area (Å²) < 4.78 is 51.7. The Balaban J connectivity index is 1.71. The number of hydrogen-bond acceptors (Lipinski definition) is 6. The predicted octanol–water partition coefficient (Wildman–Crippen LogP) is 2.64. The van der Waals surface area contributed by atoms with E-state index in [0.29, 0.717) is 17.9 Å². The number of imide groups is 1. The average molecular weight is 526 g/mol. The van der Waals surface area contributed by atoms with Crippen molar-refractivity contribution in [2.45, 2.75) is 60.4 Å². The lowest BCUT2D eigenvalue weighted by molar-refractivity contribution is -0.122. The second-order valence-corrected chi connectivity index (χ2v) is 12.2. The summed E-state index contributed by atoms with van der Waals surface area (Å²) in [7, 11) is -8.06. The summed E-state index contributed by atoms with van der Waals surface area (Å²) in [4.78, 5) is 27.1. The van der Waals surface area contributed by atoms with Gasteiger partial charge in [0.1, 0.15) is 6.04 Å². The predicted molar refractivity (Wildman–Crippen MR) is 126 cm³/mol. The molecular weight excluding hydrogens is 502 g/mol. The standard InChI is InChI=1S/C22H24ClN3O6S2/c23-15-6-10-19(11-7-15)34(31,32)26(17-4-2-1-3-5-17)20-14-21(27)25(22(20)28)16-8-12-18(13-9-16)33(24,29)30/h6-13,17,20H,1-5,14H2,(H2,24,29,30). The Morgan fingerprint density at radius 3 is 1.97 bits per heavy atom. The van der Waals surface area contributed by atoms with Gasteiger partial charge in [0, 0.05) is 11.1 Å². The summed E-state index contributed by atoms with van der Waals surface area (Å²) in [6.45, 7) is 0. The van der Waals surface area contributed by atoms with E-state index < -0.39 is 43.9 Å². The van der Waals surface area contributed by atoms with E-state index in [-0.39, 0.29) is 21.9 Å². The van der Waals surface area contributed by atoms with Crippen molar-refractivity contribution in [3.05, 3.63) is 53.6 Å². The molecule has 2 amide bonds. The number of carbonyl (C=O) groups excluding carboxylic acids is 2. The van der Waals surface area contributed by atoms with Gasteiger partial charge in [0.2, 0.25) is 26.0 Å². The summed E-state index contributed by atoms with van der Waals surface area (Å²) in [5.41, 5.74) is 0.150. The molecule has 1 heterocycles. The zero-order chi connectivity index (χ0) is 24.7. The van der Waals surface area contributed by atoms with Crippen LogP contribution in [0, 0.1) is 0 Å². The largest absolute Gasteiger partial charge is 0.274 e. The van der Waals surface area contributed by atoms with Crippen LogP contribution in [0.2, 0.25) is 5.02 Å². The lowest BCUT2D eigenvalue weighted by Gasteiger charge is -2.36. The Morgan fingerprint density at radius 2 is 1.41 bits per heavy atom. The monoisotopic (exact) mass is 525 g/mol. The molecule has 1 saturated heterocycles. The van der Waals surface area contributed by atoms with E-state index >= 15 is 0 Å². The summed E-state index contributed by atoms with van der Waals surface area (Å²) in [6.07, 6.45) is 3.50. The Kier molecular flexibility index (Phi) is 6.85. The molecule has 0 radical (unpaired) electrons. The van der Waals surface area contributed by atoms with Gasteiger partial charge >= 0.3 is 0 Å². The molecule has 182 valence electrons. The fourth-order valence-corrected chi connectivity index (χ4v) is 7.02. The molecule has 2 aromatic carbocycles. The molecule has 2 N–H and O–H groups in total. The maximum absolute atomic E-state index is 13.7. The lowest BCUT2D eigenvalue weighted by Crippen LogP contribution is -2.51. The number of nitrogens with two attached hydrogens (primary N) is 1. The van der Waals surface area contributed by atoms with Crippen molar-refractivity contribution in [3.8, 4) is 0 Å². The molecule has 2 fully saturated rings. The Morgan fingerprint density at radius 1 is 0.853 bits per heavy atom. The highest BCUT2D eigenvalue weighted by molar-refractivity contribution is 7.89. The van der Waals surface area contributed by atoms with Crippen molar-refractivity contribution in [2.75, 3.05) is 4.90 Å². The van der Waals surface area contributed by atoms with Crippen molar-refractivity contribution in [1.29, 1.82) is 0 Å². The quantitative estimate of drug-likeness (QED) is 0.576. The number of carbonyl (C=O) groups is 2. The van der Waals surface area contributed by atoms with Gasteiger partial charge in [-0.25, -0.2) is 26.9 Å². The van der Waals surface area contributed by atoms with Gasteiger partial charge in [-0.05, 0) is 61.4 Å². The number of nitrogens with zero attached hydrogens (tertiary/aromatic N) is 2. The second-order valence-electron chi connectivity index (χ2n) is 8.41. The van der Waals surface area contributed by atoms with Gasteiger partial charge in [-0.15, -0.1) is 0 Å². The maximum atomic E-state index is 13.7. The van der Waals surface area contributed by atoms with Gasteiger partial charge in [-0.3, -0.25) is 9.59 Å². The van der Waals surface area contributed by atoms with E-state index in [1.807, 2.05) is 0 Å². The van der Waals surface area contributed by atoms with Crippen molar-refractivity contribution >= 4 is 49.1 Å². The number of benzene rings is 2. The third kappa shape index (κ3) is 4.76. The van der Waals surface area contributed by atoms with Gasteiger partial charge in [-0.1, -0.05) is 30.9 Å². The fraction of sp³-hybridized carbons (Fsp3) is 0.364. The molecule has 0 bridgehead atoms. The summed E-state index contributed by atoms with van der Waals surface area (Å²) in [5, 5.41) is 5.49. The number of anilines is 1. The minimum absolute atomic E-state index is 0.00122. The highest BCUT2D eigenvalue weighted by Gasteiger charge is 2.49. The average Bonchev–Trinajstić information content (AvgIpc) is 3.07. The van der Waals surface area contributed by atoms with Gasteiger partial charge in [0.15, 0.2) is 0 Å². The fourth-order valence-electron chi connectivity index (χ4n) is 4.55. The molecule has 0 spiro atoms. The van der Waals surface area contributed by atoms with Crippen molar-refractivity contribution in [1.82, 2.24) is 4.31 Å². The molecule has 12 heteroatoms. The molecule has 2 aromatic rings. The maximum Gasteiger partial charge on any atom is 0.252 e. The van der Waals surface area contributed by atoms with E-state index in [9.17, 15) is 26.4 Å². The minimum atomic E-state index is -4.11. The van der Waals surface area contributed by atoms with Crippen LogP contribution in [-0.4, -0.2) is 45.0 Å². The van der Waals surface area contributed by atoms with Crippen LogP contribution in [0.4, 0.5) is 5.69 Å². The minimum Gasteiger partial charge on any atom is -0.274 e. The van der Waals surface area contributed by atoms with Crippen molar-refractivity contribution in [3.63, 3.8) is 0 Å². The van der Waals surface area contributed by atoms with Gasteiger partial charge in [0.05, 0.1) is 21.9 Å². The number of rotatable bonds is 6. The number of halogens is 1. The van der Waals surface area contributed by atoms with Crippen LogP contribution in [0.3, 0.4) is 0 Å². The van der Waals surface area contributed by atoms with Crippen LogP contribution < -0.4 is 10.0 Å². The number of amides is 2. The lowest BCUT2D eigenvalue weighted by atomic mass is 9.94. The topological polar surface area (TPSA) is 135 Å². The number of hydrogen-bond donors (Lipinski definition) is 1. The van der Waals surface area contributed by atoms with Crippen molar-refractivity contribution in [2.24, 2.45) is 5.14 Å². The van der Waals surface area contributed by atoms with Crippen LogP contribution in [0.5, 0.6) is 0 Å². The summed E-state index contributed by atoms with van der Waals surface area (Å²) in [6, 6.07) is 9.09. The van der Waals surface area contributed by atoms with E-state index in [2.05, 4.69) is 0 Å². The molecule has 2 aliphatic rings. The Hall–Kier alpha value is -2.31. The first kappa shape index (κ1) is 24.8. The first-order chi connectivity index (χ1) is 16.0. The molecule has 9 nitrogen and oxygen atoms in total. The van der Waals surface area contributed by atoms with Crippen LogP contribution in [0.25, 0.3) is 0 Å². The summed E-state index contributed by atoms with van der Waals surface area (Å²) in [5.74, 6) is -1.23. The first-order valence-electron chi connectivity index (χ1n) is 10.8. The molecule has 1 aliphatic carbocycles. The van der Waals surface area contributed by atoms with Crippen LogP contribution in [0.15, 0.2) is 58.3 Å². The molecule has 0 aromatic heterocycles. The van der Waals surface area contributed by atoms with E-state index in [1.54, 1.807) is 0 Å². The van der Waals surface area contributed by atoms with Gasteiger partial charge in [-0.2, -0.15) is 4.31 Å². The molecule has 1 unspecified atom stereocenters. The van der Waals surface area contributed by atoms with Gasteiger partial charge in [0.25, 0.3) is 5.91 Å². The molecule has 1 atom stereocenters. The summed E-state index contributed by atoms with van der Waals surface area (Å²) >= 11 is 5.93. The molecule has 1 saturated carbocycles. The highest BCUT2D eigenvalue weighted by Crippen LogP contribution is 2.35. The molecule has 4 rings (SSSR count). The SMILES string of the molecule is NS(=O)(=O)c1ccc(N2C(=O)CC(N(C3CCCCC3)S(=O)(=O)c3ccc(Cl)cc3)C2=O)cc1. The number of primary sulfonamides is 1. The Bertz CT molecular complexity index is 1310. The number of sulfonamides is 2. The highest BCUT2D eigenvalue weighted by atomic mass is 35.5. The molecule has 34 heavy (non-hydrogen) atoms. The zero-order valence-corrected chi connectivity index (χ0v) is 20.5. The third-order valence-electron chi connectivity index (χ3n) is 6.18. The van der Waals surface area contributed by atoms with Crippen LogP contribution in [-0.2, 0) is 29.6 Å². The van der Waals surface area contributed by atoms with Crippen molar-refractivity contribution < 1.29 is 26.4 Å². The normalized spacial score (nSPS) is 20.3. The van der Waals surface area contributed by atoms with Crippen LogP contribution in [0.1, 0.15) is 38.5 Å². The van der Waals surface area contributed by atoms with E-state index in [4.69, 9.17) is 16.7 Å². The van der Waals surface area contributed by atoms with E-state index in [1.165, 1.54) is 52.8 Å². The molecule has 1 aliphatic heterocycles. The Labute approximate surface area is 203 Å². The second kappa shape index (κ2) is 9.38. The molecular formula is C22H24ClN3O6S2.